The van der Waals surface area contributed by atoms with E-state index < -0.39 is 11.9 Å². The Morgan fingerprint density at radius 2 is 0.760 bits per heavy atom. The largest absolute Gasteiger partial charge is 2.00 e. The maximum atomic E-state index is 10.0. The quantitative estimate of drug-likeness (QED) is 0.303. The van der Waals surface area contributed by atoms with E-state index in [1.54, 1.807) is 0 Å². The summed E-state index contributed by atoms with van der Waals surface area (Å²) in [7, 11) is 0. The van der Waals surface area contributed by atoms with Gasteiger partial charge in [0.05, 0.1) is 0 Å². The van der Waals surface area contributed by atoms with Gasteiger partial charge in [-0.2, -0.15) is 0 Å². The van der Waals surface area contributed by atoms with Crippen LogP contribution in [-0.4, -0.2) is 49.7 Å². The number of aliphatic carboxylic acids is 2. The van der Waals surface area contributed by atoms with Crippen molar-refractivity contribution in [3.8, 4) is 0 Å². The van der Waals surface area contributed by atoms with Crippen molar-refractivity contribution < 1.29 is 19.8 Å². The number of hydrogen-bond acceptors (Lipinski definition) is 4. The third-order valence-corrected chi connectivity index (χ3v) is 3.97. The summed E-state index contributed by atoms with van der Waals surface area (Å²) in [6, 6.07) is 0. The SMILES string of the molecule is CCCCCCCCCC(=O)[O-].CCCCCCCCCC(=O)[O-].[Ca+2]. The van der Waals surface area contributed by atoms with Crippen LogP contribution in [0.4, 0.5) is 0 Å². The molecule has 0 aromatic carbocycles. The van der Waals surface area contributed by atoms with Crippen LogP contribution in [-0.2, 0) is 9.59 Å². The molecule has 0 aromatic heterocycles. The van der Waals surface area contributed by atoms with Crippen LogP contribution in [0.1, 0.15) is 117 Å². The molecule has 0 rings (SSSR count). The summed E-state index contributed by atoms with van der Waals surface area (Å²) in [4.78, 5) is 20.0. The first-order valence-electron chi connectivity index (χ1n) is 9.94. The minimum atomic E-state index is -0.913. The van der Waals surface area contributed by atoms with Gasteiger partial charge in [0, 0.05) is 11.9 Å². The Morgan fingerprint density at radius 1 is 0.520 bits per heavy atom. The Labute approximate surface area is 185 Å². The zero-order valence-corrected chi connectivity index (χ0v) is 18.9. The first kappa shape index (κ1) is 29.9. The molecule has 25 heavy (non-hydrogen) atoms. The van der Waals surface area contributed by atoms with Gasteiger partial charge in [0.2, 0.25) is 0 Å². The number of hydrogen-bond donors (Lipinski definition) is 0. The van der Waals surface area contributed by atoms with Crippen molar-refractivity contribution in [1.29, 1.82) is 0 Å². The summed E-state index contributed by atoms with van der Waals surface area (Å²) in [5.41, 5.74) is 0. The summed E-state index contributed by atoms with van der Waals surface area (Å²) in [6.07, 6.45) is 16.7. The third kappa shape index (κ3) is 36.0. The topological polar surface area (TPSA) is 80.3 Å². The Morgan fingerprint density at radius 3 is 1.00 bits per heavy atom. The number of unbranched alkanes of at least 4 members (excludes halogenated alkanes) is 12. The number of rotatable bonds is 16. The molecule has 0 bridgehead atoms. The summed E-state index contributed by atoms with van der Waals surface area (Å²) < 4.78 is 0. The van der Waals surface area contributed by atoms with E-state index in [2.05, 4.69) is 13.8 Å². The average Bonchev–Trinajstić information content (AvgIpc) is 2.53. The minimum absolute atomic E-state index is 0. The van der Waals surface area contributed by atoms with Crippen molar-refractivity contribution in [3.63, 3.8) is 0 Å². The number of carboxylic acid groups (broad SMARTS) is 2. The first-order chi connectivity index (χ1) is 11.5. The van der Waals surface area contributed by atoms with Crippen LogP contribution >= 0.6 is 0 Å². The van der Waals surface area contributed by atoms with Crippen LogP contribution in [0.15, 0.2) is 0 Å². The summed E-state index contributed by atoms with van der Waals surface area (Å²) in [5, 5.41) is 20.0. The Balaban J connectivity index is -0.000000372. The van der Waals surface area contributed by atoms with Crippen LogP contribution in [0.3, 0.4) is 0 Å². The predicted molar refractivity (Wildman–Crippen MR) is 101 cm³/mol. The molecular formula is C20H38CaO4. The predicted octanol–water partition coefficient (Wildman–Crippen LogP) is 3.37. The molecule has 0 heterocycles. The smallest absolute Gasteiger partial charge is 0.550 e. The van der Waals surface area contributed by atoms with Crippen LogP contribution < -0.4 is 10.2 Å². The zero-order chi connectivity index (χ0) is 18.5. The van der Waals surface area contributed by atoms with Gasteiger partial charge in [-0.05, 0) is 25.7 Å². The van der Waals surface area contributed by atoms with Crippen molar-refractivity contribution in [3.05, 3.63) is 0 Å². The van der Waals surface area contributed by atoms with E-state index in [9.17, 15) is 19.8 Å². The zero-order valence-electron chi connectivity index (χ0n) is 16.7. The molecule has 0 radical (unpaired) electrons. The molecule has 0 aliphatic rings. The van der Waals surface area contributed by atoms with E-state index >= 15 is 0 Å². The molecule has 0 N–H and O–H groups in total. The second kappa shape index (κ2) is 26.4. The van der Waals surface area contributed by atoms with E-state index in [0.717, 1.165) is 25.7 Å². The normalized spacial score (nSPS) is 9.68. The second-order valence-electron chi connectivity index (χ2n) is 6.49. The van der Waals surface area contributed by atoms with Crippen molar-refractivity contribution in [2.75, 3.05) is 0 Å². The molecule has 0 saturated heterocycles. The minimum Gasteiger partial charge on any atom is -0.550 e. The molecule has 0 amide bonds. The van der Waals surface area contributed by atoms with Crippen molar-refractivity contribution in [2.24, 2.45) is 0 Å². The fourth-order valence-electron chi connectivity index (χ4n) is 2.45. The van der Waals surface area contributed by atoms with Crippen LogP contribution in [0.5, 0.6) is 0 Å². The molecule has 0 aromatic rings. The van der Waals surface area contributed by atoms with E-state index in [-0.39, 0.29) is 50.6 Å². The van der Waals surface area contributed by atoms with E-state index in [4.69, 9.17) is 0 Å². The van der Waals surface area contributed by atoms with E-state index in [1.807, 2.05) is 0 Å². The fourth-order valence-corrected chi connectivity index (χ4v) is 2.45. The maximum absolute atomic E-state index is 10.0. The molecule has 144 valence electrons. The van der Waals surface area contributed by atoms with Gasteiger partial charge in [-0.3, -0.25) is 0 Å². The molecule has 0 aliphatic carbocycles. The molecule has 0 saturated carbocycles. The molecule has 4 nitrogen and oxygen atoms in total. The van der Waals surface area contributed by atoms with Gasteiger partial charge in [0.25, 0.3) is 0 Å². The molecule has 0 atom stereocenters. The van der Waals surface area contributed by atoms with Crippen LogP contribution in [0, 0.1) is 0 Å². The Bertz CT molecular complexity index is 255. The monoisotopic (exact) mass is 382 g/mol. The van der Waals surface area contributed by atoms with Gasteiger partial charge in [-0.1, -0.05) is 90.9 Å². The standard InChI is InChI=1S/2C10H20O2.Ca/c2*1-2-3-4-5-6-7-8-9-10(11)12;/h2*2-9H2,1H3,(H,11,12);/q;;+2/p-2. The first-order valence-corrected chi connectivity index (χ1v) is 9.94. The van der Waals surface area contributed by atoms with Gasteiger partial charge in [-0.15, -0.1) is 0 Å². The van der Waals surface area contributed by atoms with Crippen LogP contribution in [0.2, 0.25) is 0 Å². The fraction of sp³-hybridized carbons (Fsp3) is 0.900. The van der Waals surface area contributed by atoms with Crippen molar-refractivity contribution >= 4 is 49.7 Å². The number of carbonyl (C=O) groups is 2. The Kier molecular flexibility index (Phi) is 31.7. The molecule has 0 spiro atoms. The summed E-state index contributed by atoms with van der Waals surface area (Å²) >= 11 is 0. The van der Waals surface area contributed by atoms with E-state index in [1.165, 1.54) is 64.2 Å². The van der Waals surface area contributed by atoms with Gasteiger partial charge >= 0.3 is 37.7 Å². The third-order valence-electron chi connectivity index (χ3n) is 3.97. The van der Waals surface area contributed by atoms with Crippen LogP contribution in [0.25, 0.3) is 0 Å². The van der Waals surface area contributed by atoms with Gasteiger partial charge < -0.3 is 19.8 Å². The van der Waals surface area contributed by atoms with E-state index in [0.29, 0.717) is 0 Å². The summed E-state index contributed by atoms with van der Waals surface area (Å²) in [6.45, 7) is 4.38. The van der Waals surface area contributed by atoms with Crippen molar-refractivity contribution in [1.82, 2.24) is 0 Å². The number of carbonyl (C=O) groups excluding carboxylic acids is 2. The van der Waals surface area contributed by atoms with Gasteiger partial charge in [-0.25, -0.2) is 0 Å². The molecular weight excluding hydrogens is 344 g/mol. The van der Waals surface area contributed by atoms with Gasteiger partial charge in [0.15, 0.2) is 0 Å². The van der Waals surface area contributed by atoms with Crippen molar-refractivity contribution in [2.45, 2.75) is 117 Å². The second-order valence-corrected chi connectivity index (χ2v) is 6.49. The molecule has 0 aliphatic heterocycles. The van der Waals surface area contributed by atoms with Gasteiger partial charge in [0.1, 0.15) is 0 Å². The molecule has 0 fully saturated rings. The molecule has 0 unspecified atom stereocenters. The molecule has 5 heteroatoms. The Hall–Kier alpha value is 0.200. The summed E-state index contributed by atoms with van der Waals surface area (Å²) in [5.74, 6) is -1.83. The maximum Gasteiger partial charge on any atom is 2.00 e. The number of carboxylic acids is 2. The average molecular weight is 383 g/mol.